The Morgan fingerprint density at radius 1 is 1.27 bits per heavy atom. The molecule has 2 aromatic rings. The van der Waals surface area contributed by atoms with E-state index in [-0.39, 0.29) is 24.0 Å². The molecule has 0 spiro atoms. The SMILES string of the molecule is C[n+]1c(S(C)(=O)=O)sc2ccccc21.[I-]. The molecule has 0 aliphatic rings. The lowest BCUT2D eigenvalue weighted by Gasteiger charge is -1.87. The maximum absolute atomic E-state index is 11.4. The topological polar surface area (TPSA) is 38.0 Å². The zero-order chi connectivity index (χ0) is 10.3. The Morgan fingerprint density at radius 2 is 1.87 bits per heavy atom. The molecule has 2 rings (SSSR count). The number of hydrogen-bond acceptors (Lipinski definition) is 3. The van der Waals surface area contributed by atoms with Crippen molar-refractivity contribution in [1.82, 2.24) is 0 Å². The fourth-order valence-electron chi connectivity index (χ4n) is 1.41. The van der Waals surface area contributed by atoms with Crippen LogP contribution in [0.4, 0.5) is 0 Å². The van der Waals surface area contributed by atoms with Crippen LogP contribution in [0.1, 0.15) is 0 Å². The summed E-state index contributed by atoms with van der Waals surface area (Å²) in [7, 11) is -1.34. The third kappa shape index (κ3) is 2.31. The van der Waals surface area contributed by atoms with Gasteiger partial charge in [-0.1, -0.05) is 12.1 Å². The van der Waals surface area contributed by atoms with E-state index in [1.54, 1.807) is 11.6 Å². The van der Waals surface area contributed by atoms with Gasteiger partial charge in [-0.2, -0.15) is 4.57 Å². The number of halogens is 1. The molecule has 3 nitrogen and oxygen atoms in total. The van der Waals surface area contributed by atoms with Gasteiger partial charge in [0.2, 0.25) is 15.4 Å². The number of aryl methyl sites for hydroxylation is 1. The third-order valence-electron chi connectivity index (χ3n) is 2.01. The molecule has 0 saturated carbocycles. The second-order valence-corrected chi connectivity index (χ2v) is 6.39. The molecule has 0 atom stereocenters. The molecule has 1 aromatic heterocycles. The predicted octanol–water partition coefficient (Wildman–Crippen LogP) is -1.87. The average Bonchev–Trinajstić information content (AvgIpc) is 2.44. The molecule has 0 amide bonds. The first-order chi connectivity index (χ1) is 6.50. The van der Waals surface area contributed by atoms with E-state index in [2.05, 4.69) is 0 Å². The van der Waals surface area contributed by atoms with Crippen LogP contribution in [-0.4, -0.2) is 14.7 Å². The number of aromatic nitrogens is 1. The van der Waals surface area contributed by atoms with Gasteiger partial charge in [0, 0.05) is 6.07 Å². The highest BCUT2D eigenvalue weighted by molar-refractivity contribution is 7.92. The smallest absolute Gasteiger partial charge is 0.355 e. The molecule has 1 heterocycles. The second kappa shape index (κ2) is 4.34. The summed E-state index contributed by atoms with van der Waals surface area (Å²) < 4.78 is 25.9. The molecule has 0 fully saturated rings. The number of para-hydroxylation sites is 1. The number of nitrogens with zero attached hydrogens (tertiary/aromatic N) is 1. The van der Waals surface area contributed by atoms with Crippen molar-refractivity contribution in [2.45, 2.75) is 4.34 Å². The van der Waals surface area contributed by atoms with Crippen molar-refractivity contribution >= 4 is 31.4 Å². The number of hydrogen-bond donors (Lipinski definition) is 0. The molecule has 0 saturated heterocycles. The van der Waals surface area contributed by atoms with Crippen LogP contribution in [0.25, 0.3) is 10.2 Å². The Bertz CT molecular complexity index is 589. The van der Waals surface area contributed by atoms with E-state index in [0.29, 0.717) is 4.34 Å². The summed E-state index contributed by atoms with van der Waals surface area (Å²) in [6, 6.07) is 7.65. The summed E-state index contributed by atoms with van der Waals surface area (Å²) in [5.74, 6) is 0. The van der Waals surface area contributed by atoms with E-state index in [1.165, 1.54) is 17.6 Å². The van der Waals surface area contributed by atoms with Gasteiger partial charge in [-0.15, -0.1) is 0 Å². The number of fused-ring (bicyclic) bond motifs is 1. The van der Waals surface area contributed by atoms with Crippen molar-refractivity contribution in [1.29, 1.82) is 0 Å². The van der Waals surface area contributed by atoms with Gasteiger partial charge in [-0.05, 0) is 17.4 Å². The summed E-state index contributed by atoms with van der Waals surface area (Å²) in [5, 5.41) is 0. The van der Waals surface area contributed by atoms with E-state index in [9.17, 15) is 8.42 Å². The Kier molecular flexibility index (Phi) is 3.72. The van der Waals surface area contributed by atoms with Crippen molar-refractivity contribution in [3.63, 3.8) is 0 Å². The zero-order valence-corrected chi connectivity index (χ0v) is 12.1. The highest BCUT2D eigenvalue weighted by Gasteiger charge is 2.24. The Morgan fingerprint density at radius 3 is 2.40 bits per heavy atom. The predicted molar refractivity (Wildman–Crippen MR) is 56.1 cm³/mol. The molecule has 0 aliphatic carbocycles. The van der Waals surface area contributed by atoms with E-state index in [4.69, 9.17) is 0 Å². The van der Waals surface area contributed by atoms with Crippen LogP contribution in [0.15, 0.2) is 28.6 Å². The van der Waals surface area contributed by atoms with Gasteiger partial charge in [-0.3, -0.25) is 0 Å². The van der Waals surface area contributed by atoms with Crippen LogP contribution < -0.4 is 28.5 Å². The lowest BCUT2D eigenvalue weighted by Crippen LogP contribution is -3.00. The summed E-state index contributed by atoms with van der Waals surface area (Å²) >= 11 is 1.31. The minimum atomic E-state index is -3.11. The highest BCUT2D eigenvalue weighted by atomic mass is 127. The van der Waals surface area contributed by atoms with Crippen molar-refractivity contribution in [3.05, 3.63) is 24.3 Å². The van der Waals surface area contributed by atoms with E-state index in [0.717, 1.165) is 10.2 Å². The monoisotopic (exact) mass is 355 g/mol. The molecule has 15 heavy (non-hydrogen) atoms. The molecule has 1 aromatic carbocycles. The van der Waals surface area contributed by atoms with E-state index >= 15 is 0 Å². The van der Waals surface area contributed by atoms with Gasteiger partial charge in [0.15, 0.2) is 0 Å². The van der Waals surface area contributed by atoms with Crippen LogP contribution in [0, 0.1) is 0 Å². The first-order valence-corrected chi connectivity index (χ1v) is 6.78. The third-order valence-corrected chi connectivity index (χ3v) is 5.10. The standard InChI is InChI=1S/C9H10NO2S2.HI/c1-10-7-5-3-4-6-8(7)13-9(10)14(2,11)12;/h3-6H,1-2H3;1H/q+1;/p-1. The minimum absolute atomic E-state index is 0. The average molecular weight is 355 g/mol. The van der Waals surface area contributed by atoms with E-state index in [1.807, 2.05) is 24.3 Å². The summed E-state index contributed by atoms with van der Waals surface area (Å²) in [6.07, 6.45) is 1.23. The van der Waals surface area contributed by atoms with E-state index < -0.39 is 9.84 Å². The maximum Gasteiger partial charge on any atom is 0.355 e. The van der Waals surface area contributed by atoms with Crippen molar-refractivity contribution in [2.75, 3.05) is 6.26 Å². The van der Waals surface area contributed by atoms with Gasteiger partial charge in [0.05, 0.1) is 6.26 Å². The number of benzene rings is 1. The molecular weight excluding hydrogens is 345 g/mol. The number of thiazole rings is 1. The molecule has 82 valence electrons. The summed E-state index contributed by atoms with van der Waals surface area (Å²) in [5.41, 5.74) is 0.956. The van der Waals surface area contributed by atoms with Crippen LogP contribution in [0.3, 0.4) is 0 Å². The summed E-state index contributed by atoms with van der Waals surface area (Å²) in [4.78, 5) is 0. The number of rotatable bonds is 1. The highest BCUT2D eigenvalue weighted by Crippen LogP contribution is 2.22. The lowest BCUT2D eigenvalue weighted by molar-refractivity contribution is -0.677. The molecule has 0 radical (unpaired) electrons. The Hall–Kier alpha value is -0.210. The quantitative estimate of drug-likeness (QED) is 0.444. The zero-order valence-electron chi connectivity index (χ0n) is 8.27. The van der Waals surface area contributed by atoms with Crippen LogP contribution in [0.2, 0.25) is 0 Å². The Balaban J connectivity index is 0.00000112. The molecular formula is C9H10INO2S2. The largest absolute Gasteiger partial charge is 1.00 e. The first kappa shape index (κ1) is 12.9. The fourth-order valence-corrected chi connectivity index (χ4v) is 3.76. The van der Waals surface area contributed by atoms with Crippen molar-refractivity contribution in [3.8, 4) is 0 Å². The summed E-state index contributed by atoms with van der Waals surface area (Å²) in [6.45, 7) is 0. The molecule has 0 aliphatic heterocycles. The molecule has 0 N–H and O–H groups in total. The van der Waals surface area contributed by atoms with Crippen LogP contribution >= 0.6 is 11.3 Å². The second-order valence-electron chi connectivity index (χ2n) is 3.17. The van der Waals surface area contributed by atoms with Crippen molar-refractivity contribution < 1.29 is 37.0 Å². The van der Waals surface area contributed by atoms with Gasteiger partial charge in [0.25, 0.3) is 0 Å². The molecule has 6 heteroatoms. The Labute approximate surface area is 110 Å². The molecule has 0 unspecified atom stereocenters. The van der Waals surface area contributed by atoms with Crippen molar-refractivity contribution in [2.24, 2.45) is 7.05 Å². The molecule has 0 bridgehead atoms. The van der Waals surface area contributed by atoms with Crippen LogP contribution in [-0.2, 0) is 16.9 Å². The maximum atomic E-state index is 11.4. The number of sulfone groups is 1. The normalized spacial score (nSPS) is 11.3. The van der Waals surface area contributed by atoms with Gasteiger partial charge in [0.1, 0.15) is 11.7 Å². The van der Waals surface area contributed by atoms with Gasteiger partial charge < -0.3 is 24.0 Å². The fraction of sp³-hybridized carbons (Fsp3) is 0.222. The van der Waals surface area contributed by atoms with Crippen LogP contribution in [0.5, 0.6) is 0 Å². The van der Waals surface area contributed by atoms with Gasteiger partial charge in [-0.25, -0.2) is 8.42 Å². The lowest BCUT2D eigenvalue weighted by atomic mass is 10.3. The van der Waals surface area contributed by atoms with Gasteiger partial charge >= 0.3 is 4.34 Å². The minimum Gasteiger partial charge on any atom is -1.00 e. The first-order valence-electron chi connectivity index (χ1n) is 4.08.